The quantitative estimate of drug-likeness (QED) is 0.874. The van der Waals surface area contributed by atoms with E-state index in [9.17, 15) is 0 Å². The number of ether oxygens (including phenoxy) is 1. The standard InChI is InChI=1S/C15H22N2O/c1-17(10-13-6-4-8-16-13)11-14-9-12-5-2-3-7-15(12)18-14/h2-3,5,7,13-14,16H,4,6,8-11H2,1H3. The van der Waals surface area contributed by atoms with Crippen molar-refractivity contribution in [1.29, 1.82) is 0 Å². The van der Waals surface area contributed by atoms with Gasteiger partial charge in [-0.25, -0.2) is 0 Å². The van der Waals surface area contributed by atoms with E-state index in [1.165, 1.54) is 24.9 Å². The Labute approximate surface area is 109 Å². The largest absolute Gasteiger partial charge is 0.488 e. The van der Waals surface area contributed by atoms with Crippen LogP contribution in [0.3, 0.4) is 0 Å². The van der Waals surface area contributed by atoms with Crippen LogP contribution in [0.2, 0.25) is 0 Å². The lowest BCUT2D eigenvalue weighted by Gasteiger charge is -2.23. The molecule has 1 N–H and O–H groups in total. The molecule has 3 heteroatoms. The van der Waals surface area contributed by atoms with Gasteiger partial charge in [0.05, 0.1) is 0 Å². The van der Waals surface area contributed by atoms with Crippen LogP contribution in [-0.4, -0.2) is 43.7 Å². The average Bonchev–Trinajstić information content (AvgIpc) is 2.96. The second-order valence-corrected chi connectivity index (χ2v) is 5.57. The first-order chi connectivity index (χ1) is 8.81. The molecule has 3 rings (SSSR count). The first-order valence-corrected chi connectivity index (χ1v) is 6.98. The van der Waals surface area contributed by atoms with E-state index in [2.05, 4.69) is 35.5 Å². The number of rotatable bonds is 4. The van der Waals surface area contributed by atoms with E-state index in [-0.39, 0.29) is 0 Å². The normalized spacial score (nSPS) is 26.3. The average molecular weight is 246 g/mol. The summed E-state index contributed by atoms with van der Waals surface area (Å²) in [6.45, 7) is 3.34. The van der Waals surface area contributed by atoms with Crippen LogP contribution in [0.25, 0.3) is 0 Å². The Bertz CT molecular complexity index is 376. The minimum absolute atomic E-state index is 0.328. The number of nitrogens with zero attached hydrogens (tertiary/aromatic N) is 1. The van der Waals surface area contributed by atoms with Gasteiger partial charge in [-0.1, -0.05) is 18.2 Å². The van der Waals surface area contributed by atoms with Crippen LogP contribution >= 0.6 is 0 Å². The number of nitrogens with one attached hydrogen (secondary N) is 1. The summed E-state index contributed by atoms with van der Waals surface area (Å²) in [7, 11) is 2.20. The molecule has 0 bridgehead atoms. The van der Waals surface area contributed by atoms with E-state index in [1.807, 2.05) is 6.07 Å². The fourth-order valence-electron chi connectivity index (χ4n) is 3.07. The van der Waals surface area contributed by atoms with Crippen molar-refractivity contribution in [2.45, 2.75) is 31.4 Å². The Morgan fingerprint density at radius 3 is 3.00 bits per heavy atom. The Balaban J connectivity index is 1.49. The highest BCUT2D eigenvalue weighted by Gasteiger charge is 2.24. The monoisotopic (exact) mass is 246 g/mol. The van der Waals surface area contributed by atoms with Gasteiger partial charge in [0.15, 0.2) is 0 Å². The summed E-state index contributed by atoms with van der Waals surface area (Å²) < 4.78 is 5.98. The third-order valence-corrected chi connectivity index (χ3v) is 3.92. The Hall–Kier alpha value is -1.06. The number of para-hydroxylation sites is 1. The first-order valence-electron chi connectivity index (χ1n) is 6.98. The lowest BCUT2D eigenvalue weighted by Crippen LogP contribution is -2.40. The van der Waals surface area contributed by atoms with Crippen molar-refractivity contribution in [1.82, 2.24) is 10.2 Å². The van der Waals surface area contributed by atoms with E-state index in [0.29, 0.717) is 12.1 Å². The van der Waals surface area contributed by atoms with Gasteiger partial charge in [-0.3, -0.25) is 0 Å². The van der Waals surface area contributed by atoms with Crippen molar-refractivity contribution in [2.24, 2.45) is 0 Å². The Morgan fingerprint density at radius 2 is 2.22 bits per heavy atom. The molecule has 2 aliphatic heterocycles. The van der Waals surface area contributed by atoms with Gasteiger partial charge in [-0.2, -0.15) is 0 Å². The molecular formula is C15H22N2O. The SMILES string of the molecule is CN(CC1CCCN1)CC1Cc2ccccc2O1. The molecule has 98 valence electrons. The van der Waals surface area contributed by atoms with Crippen LogP contribution in [0, 0.1) is 0 Å². The molecule has 2 aliphatic rings. The highest BCUT2D eigenvalue weighted by atomic mass is 16.5. The molecule has 1 aromatic rings. The highest BCUT2D eigenvalue weighted by Crippen LogP contribution is 2.28. The molecule has 18 heavy (non-hydrogen) atoms. The molecule has 0 radical (unpaired) electrons. The van der Waals surface area contributed by atoms with Crippen molar-refractivity contribution < 1.29 is 4.74 Å². The molecule has 2 heterocycles. The molecule has 2 unspecified atom stereocenters. The summed E-state index contributed by atoms with van der Waals surface area (Å²) in [6, 6.07) is 9.07. The zero-order chi connectivity index (χ0) is 12.4. The van der Waals surface area contributed by atoms with Crippen molar-refractivity contribution in [3.8, 4) is 5.75 Å². The molecule has 1 aromatic carbocycles. The highest BCUT2D eigenvalue weighted by molar-refractivity contribution is 5.37. The lowest BCUT2D eigenvalue weighted by molar-refractivity contribution is 0.162. The van der Waals surface area contributed by atoms with E-state index in [0.717, 1.165) is 25.3 Å². The van der Waals surface area contributed by atoms with Crippen LogP contribution in [0.5, 0.6) is 5.75 Å². The molecule has 3 nitrogen and oxygen atoms in total. The third kappa shape index (κ3) is 2.68. The zero-order valence-electron chi connectivity index (χ0n) is 11.1. The number of fused-ring (bicyclic) bond motifs is 1. The van der Waals surface area contributed by atoms with Crippen molar-refractivity contribution >= 4 is 0 Å². The molecule has 0 aromatic heterocycles. The first kappa shape index (κ1) is 12.0. The van der Waals surface area contributed by atoms with Gasteiger partial charge in [0.2, 0.25) is 0 Å². The molecule has 1 saturated heterocycles. The fourth-order valence-corrected chi connectivity index (χ4v) is 3.07. The van der Waals surface area contributed by atoms with Gasteiger partial charge in [-0.15, -0.1) is 0 Å². The summed E-state index contributed by atoms with van der Waals surface area (Å²) >= 11 is 0. The maximum absolute atomic E-state index is 5.98. The number of benzene rings is 1. The summed E-state index contributed by atoms with van der Waals surface area (Å²) in [5, 5.41) is 3.55. The minimum atomic E-state index is 0.328. The van der Waals surface area contributed by atoms with Crippen LogP contribution in [-0.2, 0) is 6.42 Å². The predicted molar refractivity (Wildman–Crippen MR) is 73.1 cm³/mol. The summed E-state index contributed by atoms with van der Waals surface area (Å²) in [5.74, 6) is 1.08. The fraction of sp³-hybridized carbons (Fsp3) is 0.600. The number of hydrogen-bond donors (Lipinski definition) is 1. The number of likely N-dealkylation sites (N-methyl/N-ethyl adjacent to an activating group) is 1. The van der Waals surface area contributed by atoms with Gasteiger partial charge in [0.1, 0.15) is 11.9 Å². The van der Waals surface area contributed by atoms with Crippen LogP contribution in [0.4, 0.5) is 0 Å². The van der Waals surface area contributed by atoms with Crippen LogP contribution in [0.15, 0.2) is 24.3 Å². The molecular weight excluding hydrogens is 224 g/mol. The predicted octanol–water partition coefficient (Wildman–Crippen LogP) is 1.67. The molecule has 0 spiro atoms. The van der Waals surface area contributed by atoms with E-state index in [1.54, 1.807) is 0 Å². The smallest absolute Gasteiger partial charge is 0.123 e. The van der Waals surface area contributed by atoms with Gasteiger partial charge >= 0.3 is 0 Å². The second-order valence-electron chi connectivity index (χ2n) is 5.57. The zero-order valence-corrected chi connectivity index (χ0v) is 11.1. The molecule has 2 atom stereocenters. The summed E-state index contributed by atoms with van der Waals surface area (Å²) in [4.78, 5) is 2.40. The maximum Gasteiger partial charge on any atom is 0.123 e. The molecule has 1 fully saturated rings. The van der Waals surface area contributed by atoms with E-state index >= 15 is 0 Å². The lowest BCUT2D eigenvalue weighted by atomic mass is 10.1. The second kappa shape index (κ2) is 5.29. The van der Waals surface area contributed by atoms with Crippen LogP contribution < -0.4 is 10.1 Å². The summed E-state index contributed by atoms with van der Waals surface area (Å²) in [5.41, 5.74) is 1.36. The molecule has 0 aliphatic carbocycles. The number of hydrogen-bond acceptors (Lipinski definition) is 3. The maximum atomic E-state index is 5.98. The topological polar surface area (TPSA) is 24.5 Å². The van der Waals surface area contributed by atoms with E-state index in [4.69, 9.17) is 4.74 Å². The van der Waals surface area contributed by atoms with Crippen molar-refractivity contribution in [2.75, 3.05) is 26.7 Å². The van der Waals surface area contributed by atoms with Gasteiger partial charge in [0.25, 0.3) is 0 Å². The van der Waals surface area contributed by atoms with Crippen molar-refractivity contribution in [3.05, 3.63) is 29.8 Å². The third-order valence-electron chi connectivity index (χ3n) is 3.92. The van der Waals surface area contributed by atoms with E-state index < -0.39 is 0 Å². The van der Waals surface area contributed by atoms with Gasteiger partial charge in [0, 0.05) is 25.6 Å². The molecule has 0 saturated carbocycles. The Morgan fingerprint density at radius 1 is 1.33 bits per heavy atom. The molecule has 0 amide bonds. The Kier molecular flexibility index (Phi) is 3.52. The minimum Gasteiger partial charge on any atom is -0.488 e. The van der Waals surface area contributed by atoms with Gasteiger partial charge < -0.3 is 15.0 Å². The van der Waals surface area contributed by atoms with Crippen molar-refractivity contribution in [3.63, 3.8) is 0 Å². The van der Waals surface area contributed by atoms with Crippen LogP contribution in [0.1, 0.15) is 18.4 Å². The summed E-state index contributed by atoms with van der Waals surface area (Å²) in [6.07, 6.45) is 4.02. The van der Waals surface area contributed by atoms with Gasteiger partial charge in [-0.05, 0) is 38.1 Å².